The zero-order valence-electron chi connectivity index (χ0n) is 6.40. The maximum absolute atomic E-state index is 13.2. The van der Waals surface area contributed by atoms with Crippen molar-refractivity contribution in [3.05, 3.63) is 26.9 Å². The quantitative estimate of drug-likeness (QED) is 0.573. The summed E-state index contributed by atoms with van der Waals surface area (Å²) in [6.07, 6.45) is 0. The van der Waals surface area contributed by atoms with Crippen molar-refractivity contribution in [1.82, 2.24) is 0 Å². The highest BCUT2D eigenvalue weighted by atomic mass is 79.9. The highest BCUT2D eigenvalue weighted by Crippen LogP contribution is 2.33. The molecule has 0 aliphatic heterocycles. The molecule has 0 aromatic heterocycles. The second kappa shape index (κ2) is 4.63. The van der Waals surface area contributed by atoms with Gasteiger partial charge in [-0.25, -0.2) is 4.39 Å². The average Bonchev–Trinajstić information content (AvgIpc) is 2.07. The van der Waals surface area contributed by atoms with Crippen LogP contribution < -0.4 is 0 Å². The Kier molecular flexibility index (Phi) is 4.06. The smallest absolute Gasteiger partial charge is 0.152 e. The average molecular weight is 314 g/mol. The maximum Gasteiger partial charge on any atom is 0.152 e. The van der Waals surface area contributed by atoms with Gasteiger partial charge in [0, 0.05) is 4.90 Å². The number of rotatable bonds is 2. The number of benzene rings is 1. The molecule has 0 aliphatic rings. The van der Waals surface area contributed by atoms with Gasteiger partial charge in [-0.2, -0.15) is 0 Å². The summed E-state index contributed by atoms with van der Waals surface area (Å²) in [5, 5.41) is 0. The lowest BCUT2D eigenvalue weighted by Gasteiger charge is -2.03. The molecule has 12 heavy (non-hydrogen) atoms. The zero-order valence-corrected chi connectivity index (χ0v) is 10.4. The van der Waals surface area contributed by atoms with Crippen molar-refractivity contribution in [3.63, 3.8) is 0 Å². The van der Waals surface area contributed by atoms with Crippen molar-refractivity contribution < 1.29 is 4.39 Å². The molecule has 0 saturated heterocycles. The minimum atomic E-state index is -0.228. The monoisotopic (exact) mass is 312 g/mol. The van der Waals surface area contributed by atoms with Crippen molar-refractivity contribution in [2.24, 2.45) is 0 Å². The second-order valence-corrected chi connectivity index (χ2v) is 5.06. The van der Waals surface area contributed by atoms with Gasteiger partial charge in [0.05, 0.1) is 8.95 Å². The summed E-state index contributed by atoms with van der Waals surface area (Å²) in [4.78, 5) is 0.943. The largest absolute Gasteiger partial charge is 0.204 e. The van der Waals surface area contributed by atoms with Crippen LogP contribution in [0.5, 0.6) is 0 Å². The Morgan fingerprint density at radius 2 is 2.08 bits per heavy atom. The molecule has 0 N–H and O–H groups in total. The molecule has 0 saturated carbocycles. The molecule has 0 fully saturated rings. The van der Waals surface area contributed by atoms with E-state index in [4.69, 9.17) is 0 Å². The summed E-state index contributed by atoms with van der Waals surface area (Å²) in [5.74, 6) is 0.716. The van der Waals surface area contributed by atoms with Gasteiger partial charge in [-0.3, -0.25) is 0 Å². The van der Waals surface area contributed by atoms with Crippen LogP contribution in [0, 0.1) is 5.82 Å². The molecule has 1 rings (SSSR count). The zero-order chi connectivity index (χ0) is 9.14. The van der Waals surface area contributed by atoms with Gasteiger partial charge in [0.15, 0.2) is 5.82 Å². The first-order valence-electron chi connectivity index (χ1n) is 3.43. The fourth-order valence-corrected chi connectivity index (χ4v) is 2.75. The van der Waals surface area contributed by atoms with Crippen LogP contribution >= 0.6 is 43.6 Å². The highest BCUT2D eigenvalue weighted by molar-refractivity contribution is 9.11. The molecule has 66 valence electrons. The molecule has 0 aliphatic carbocycles. The fourth-order valence-electron chi connectivity index (χ4n) is 0.775. The summed E-state index contributed by atoms with van der Waals surface area (Å²) in [6, 6.07) is 3.61. The summed E-state index contributed by atoms with van der Waals surface area (Å²) in [5.41, 5.74) is 0. The molecular formula is C8H7Br2FS. The summed E-state index contributed by atoms with van der Waals surface area (Å²) in [6.45, 7) is 2.04. The van der Waals surface area contributed by atoms with Crippen molar-refractivity contribution in [3.8, 4) is 0 Å². The lowest BCUT2D eigenvalue weighted by molar-refractivity contribution is 0.610. The van der Waals surface area contributed by atoms with Crippen LogP contribution in [0.4, 0.5) is 4.39 Å². The Labute approximate surface area is 92.2 Å². The molecule has 0 bridgehead atoms. The van der Waals surface area contributed by atoms with E-state index < -0.39 is 0 Å². The van der Waals surface area contributed by atoms with Gasteiger partial charge in [0.2, 0.25) is 0 Å². The molecule has 0 heterocycles. The normalized spacial score (nSPS) is 10.3. The van der Waals surface area contributed by atoms with E-state index >= 15 is 0 Å². The van der Waals surface area contributed by atoms with E-state index in [1.165, 1.54) is 0 Å². The first kappa shape index (κ1) is 10.5. The Bertz CT molecular complexity index is 289. The van der Waals surface area contributed by atoms with Crippen LogP contribution in [0.15, 0.2) is 26.0 Å². The van der Waals surface area contributed by atoms with Gasteiger partial charge in [-0.15, -0.1) is 11.8 Å². The van der Waals surface area contributed by atoms with Gasteiger partial charge >= 0.3 is 0 Å². The van der Waals surface area contributed by atoms with E-state index in [1.807, 2.05) is 13.0 Å². The van der Waals surface area contributed by atoms with Crippen LogP contribution in [0.25, 0.3) is 0 Å². The van der Waals surface area contributed by atoms with Gasteiger partial charge in [0.25, 0.3) is 0 Å². The summed E-state index contributed by atoms with van der Waals surface area (Å²) in [7, 11) is 0. The Balaban J connectivity index is 3.08. The van der Waals surface area contributed by atoms with E-state index in [0.29, 0.717) is 8.95 Å². The number of hydrogen-bond acceptors (Lipinski definition) is 1. The molecule has 4 heteroatoms. The topological polar surface area (TPSA) is 0 Å². The molecule has 0 spiro atoms. The van der Waals surface area contributed by atoms with E-state index in [9.17, 15) is 4.39 Å². The first-order valence-corrected chi connectivity index (χ1v) is 6.00. The number of hydrogen-bond donors (Lipinski definition) is 0. The summed E-state index contributed by atoms with van der Waals surface area (Å²) >= 11 is 7.94. The van der Waals surface area contributed by atoms with Crippen molar-refractivity contribution >= 4 is 43.6 Å². The van der Waals surface area contributed by atoms with Crippen molar-refractivity contribution in [2.75, 3.05) is 5.75 Å². The SMILES string of the molecule is CCSc1ccc(Br)c(F)c1Br. The Hall–Kier alpha value is 0.460. The van der Waals surface area contributed by atoms with Gasteiger partial charge in [0.1, 0.15) is 0 Å². The van der Waals surface area contributed by atoms with Crippen LogP contribution in [0.2, 0.25) is 0 Å². The third-order valence-electron chi connectivity index (χ3n) is 1.30. The summed E-state index contributed by atoms with van der Waals surface area (Å²) < 4.78 is 14.2. The molecule has 0 atom stereocenters. The van der Waals surface area contributed by atoms with Crippen LogP contribution in [-0.2, 0) is 0 Å². The minimum Gasteiger partial charge on any atom is -0.204 e. The fraction of sp³-hybridized carbons (Fsp3) is 0.250. The molecule has 1 aromatic rings. The molecule has 0 unspecified atom stereocenters. The van der Waals surface area contributed by atoms with Crippen molar-refractivity contribution in [1.29, 1.82) is 0 Å². The van der Waals surface area contributed by atoms with E-state index in [0.717, 1.165) is 10.6 Å². The third kappa shape index (κ3) is 2.24. The van der Waals surface area contributed by atoms with Gasteiger partial charge in [-0.1, -0.05) is 6.92 Å². The maximum atomic E-state index is 13.2. The standard InChI is InChI=1S/C8H7Br2FS/c1-2-12-6-4-3-5(9)8(11)7(6)10/h3-4H,2H2,1H3. The number of halogens is 3. The predicted octanol–water partition coefficient (Wildman–Crippen LogP) is 4.46. The first-order chi connectivity index (χ1) is 5.66. The number of thioether (sulfide) groups is 1. The predicted molar refractivity (Wildman–Crippen MR) is 58.2 cm³/mol. The molecule has 0 amide bonds. The lowest BCUT2D eigenvalue weighted by Crippen LogP contribution is -1.83. The van der Waals surface area contributed by atoms with Crippen LogP contribution in [0.1, 0.15) is 6.92 Å². The minimum absolute atomic E-state index is 0.228. The van der Waals surface area contributed by atoms with E-state index in [1.54, 1.807) is 17.8 Å². The van der Waals surface area contributed by atoms with E-state index in [-0.39, 0.29) is 5.82 Å². The Morgan fingerprint density at radius 3 is 2.67 bits per heavy atom. The third-order valence-corrected chi connectivity index (χ3v) is 3.89. The van der Waals surface area contributed by atoms with Crippen molar-refractivity contribution in [2.45, 2.75) is 11.8 Å². The van der Waals surface area contributed by atoms with E-state index in [2.05, 4.69) is 31.9 Å². The molecule has 0 nitrogen and oxygen atoms in total. The highest BCUT2D eigenvalue weighted by Gasteiger charge is 2.08. The van der Waals surface area contributed by atoms with Crippen LogP contribution in [0.3, 0.4) is 0 Å². The lowest BCUT2D eigenvalue weighted by atomic mass is 10.3. The molecule has 0 radical (unpaired) electrons. The Morgan fingerprint density at radius 1 is 1.42 bits per heavy atom. The molecule has 1 aromatic carbocycles. The van der Waals surface area contributed by atoms with Gasteiger partial charge < -0.3 is 0 Å². The molecular weight excluding hydrogens is 307 g/mol. The second-order valence-electron chi connectivity index (χ2n) is 2.11. The van der Waals surface area contributed by atoms with Gasteiger partial charge in [-0.05, 0) is 49.7 Å². The van der Waals surface area contributed by atoms with Crippen LogP contribution in [-0.4, -0.2) is 5.75 Å².